The Balaban J connectivity index is 1.50. The molecule has 3 aromatic carbocycles. The first-order chi connectivity index (χ1) is 12.2. The predicted molar refractivity (Wildman–Crippen MR) is 102 cm³/mol. The summed E-state index contributed by atoms with van der Waals surface area (Å²) in [4.78, 5) is 8.04. The molecule has 0 saturated heterocycles. The van der Waals surface area contributed by atoms with E-state index < -0.39 is 0 Å². The van der Waals surface area contributed by atoms with Gasteiger partial charge in [-0.05, 0) is 61.4 Å². The number of H-pyrrole nitrogens is 1. The number of nitrogens with zero attached hydrogens (tertiary/aromatic N) is 1. The Hall–Kier alpha value is -3.07. The Morgan fingerprint density at radius 3 is 2.48 bits per heavy atom. The summed E-state index contributed by atoms with van der Waals surface area (Å²) < 4.78 is 5.88. The molecular weight excluding hydrogens is 308 g/mol. The first kappa shape index (κ1) is 15.5. The summed E-state index contributed by atoms with van der Waals surface area (Å²) in [6.45, 7) is 4.75. The molecule has 1 heterocycles. The topological polar surface area (TPSA) is 37.9 Å². The van der Waals surface area contributed by atoms with E-state index in [-0.39, 0.29) is 0 Å². The number of hydrogen-bond donors (Lipinski definition) is 1. The second-order valence-corrected chi connectivity index (χ2v) is 6.41. The molecule has 1 N–H and O–H groups in total. The number of aromatic nitrogens is 2. The van der Waals surface area contributed by atoms with E-state index >= 15 is 0 Å². The van der Waals surface area contributed by atoms with E-state index in [0.717, 1.165) is 28.2 Å². The van der Waals surface area contributed by atoms with Gasteiger partial charge in [-0.2, -0.15) is 0 Å². The van der Waals surface area contributed by atoms with Gasteiger partial charge in [-0.1, -0.05) is 35.9 Å². The molecule has 0 spiro atoms. The second-order valence-electron chi connectivity index (χ2n) is 6.41. The summed E-state index contributed by atoms with van der Waals surface area (Å²) in [7, 11) is 0. The van der Waals surface area contributed by atoms with Crippen molar-refractivity contribution in [3.05, 3.63) is 83.4 Å². The van der Waals surface area contributed by atoms with Gasteiger partial charge < -0.3 is 9.72 Å². The van der Waals surface area contributed by atoms with Crippen LogP contribution in [0.15, 0.2) is 66.7 Å². The molecule has 25 heavy (non-hydrogen) atoms. The van der Waals surface area contributed by atoms with Crippen LogP contribution in [0.1, 0.15) is 16.7 Å². The Kier molecular flexibility index (Phi) is 3.98. The zero-order chi connectivity index (χ0) is 17.2. The summed E-state index contributed by atoms with van der Waals surface area (Å²) in [6.07, 6.45) is 0. The van der Waals surface area contributed by atoms with Crippen molar-refractivity contribution in [3.8, 4) is 17.1 Å². The largest absolute Gasteiger partial charge is 0.489 e. The Morgan fingerprint density at radius 2 is 1.68 bits per heavy atom. The van der Waals surface area contributed by atoms with Crippen LogP contribution in [0.3, 0.4) is 0 Å². The standard InChI is InChI=1S/C22H20N2O/c1-15-4-3-5-17(12-15)14-25-19-9-7-18(8-10-19)22-23-20-11-6-16(2)13-21(20)24-22/h3-13H,14H2,1-2H3,(H,23,24). The number of rotatable bonds is 4. The minimum Gasteiger partial charge on any atom is -0.489 e. The maximum absolute atomic E-state index is 5.88. The number of ether oxygens (including phenoxy) is 1. The van der Waals surface area contributed by atoms with Gasteiger partial charge in [0.25, 0.3) is 0 Å². The van der Waals surface area contributed by atoms with Gasteiger partial charge >= 0.3 is 0 Å². The fraction of sp³-hybridized carbons (Fsp3) is 0.136. The maximum Gasteiger partial charge on any atom is 0.138 e. The monoisotopic (exact) mass is 328 g/mol. The maximum atomic E-state index is 5.88. The van der Waals surface area contributed by atoms with Crippen LogP contribution in [0.4, 0.5) is 0 Å². The molecule has 0 aliphatic rings. The first-order valence-electron chi connectivity index (χ1n) is 8.42. The number of benzene rings is 3. The van der Waals surface area contributed by atoms with Gasteiger partial charge in [-0.3, -0.25) is 0 Å². The lowest BCUT2D eigenvalue weighted by Crippen LogP contribution is -1.95. The molecule has 0 amide bonds. The minimum atomic E-state index is 0.574. The molecule has 3 heteroatoms. The Labute approximate surface area is 147 Å². The van der Waals surface area contributed by atoms with E-state index in [2.05, 4.69) is 60.2 Å². The third-order valence-electron chi connectivity index (χ3n) is 4.25. The molecule has 0 aliphatic carbocycles. The molecule has 124 valence electrons. The van der Waals surface area contributed by atoms with E-state index in [4.69, 9.17) is 4.74 Å². The normalized spacial score (nSPS) is 11.0. The molecule has 0 fully saturated rings. The van der Waals surface area contributed by atoms with Crippen molar-refractivity contribution >= 4 is 11.0 Å². The fourth-order valence-electron chi connectivity index (χ4n) is 2.94. The van der Waals surface area contributed by atoms with E-state index in [9.17, 15) is 0 Å². The van der Waals surface area contributed by atoms with Crippen LogP contribution in [0.5, 0.6) is 5.75 Å². The average Bonchev–Trinajstić information content (AvgIpc) is 3.03. The molecule has 0 radical (unpaired) electrons. The van der Waals surface area contributed by atoms with Crippen LogP contribution in [-0.2, 0) is 6.61 Å². The minimum absolute atomic E-state index is 0.574. The SMILES string of the molecule is Cc1cccc(COc2ccc(-c3nc4ccc(C)cc4[nH]3)cc2)c1. The van der Waals surface area contributed by atoms with E-state index in [0.29, 0.717) is 6.61 Å². The molecule has 0 atom stereocenters. The number of nitrogens with one attached hydrogen (secondary N) is 1. The Bertz CT molecular complexity index is 1020. The molecule has 4 rings (SSSR count). The van der Waals surface area contributed by atoms with Gasteiger partial charge in [0.1, 0.15) is 18.2 Å². The first-order valence-corrected chi connectivity index (χ1v) is 8.42. The van der Waals surface area contributed by atoms with Gasteiger partial charge in [0.15, 0.2) is 0 Å². The van der Waals surface area contributed by atoms with E-state index in [1.54, 1.807) is 0 Å². The predicted octanol–water partition coefficient (Wildman–Crippen LogP) is 5.43. The highest BCUT2D eigenvalue weighted by Crippen LogP contribution is 2.24. The number of imidazole rings is 1. The molecule has 0 aliphatic heterocycles. The van der Waals surface area contributed by atoms with Crippen LogP contribution in [0.2, 0.25) is 0 Å². The zero-order valence-corrected chi connectivity index (χ0v) is 14.4. The number of fused-ring (bicyclic) bond motifs is 1. The Morgan fingerprint density at radius 1 is 0.880 bits per heavy atom. The third kappa shape index (κ3) is 3.41. The van der Waals surface area contributed by atoms with Gasteiger partial charge in [-0.15, -0.1) is 0 Å². The van der Waals surface area contributed by atoms with E-state index in [1.165, 1.54) is 16.7 Å². The number of hydrogen-bond acceptors (Lipinski definition) is 2. The average molecular weight is 328 g/mol. The lowest BCUT2D eigenvalue weighted by molar-refractivity contribution is 0.306. The van der Waals surface area contributed by atoms with Gasteiger partial charge in [-0.25, -0.2) is 4.98 Å². The quantitative estimate of drug-likeness (QED) is 0.543. The van der Waals surface area contributed by atoms with Crippen LogP contribution in [0, 0.1) is 13.8 Å². The summed E-state index contributed by atoms with van der Waals surface area (Å²) in [5, 5.41) is 0. The molecule has 1 aromatic heterocycles. The second kappa shape index (κ2) is 6.44. The lowest BCUT2D eigenvalue weighted by Gasteiger charge is -2.07. The van der Waals surface area contributed by atoms with Gasteiger partial charge in [0, 0.05) is 5.56 Å². The molecule has 4 aromatic rings. The molecular formula is C22H20N2O. The summed E-state index contributed by atoms with van der Waals surface area (Å²) in [6, 6.07) is 22.7. The van der Waals surface area contributed by atoms with Crippen LogP contribution >= 0.6 is 0 Å². The lowest BCUT2D eigenvalue weighted by atomic mass is 10.1. The molecule has 0 saturated carbocycles. The van der Waals surface area contributed by atoms with Crippen LogP contribution in [-0.4, -0.2) is 9.97 Å². The molecule has 0 bridgehead atoms. The van der Waals surface area contributed by atoms with Crippen molar-refractivity contribution in [3.63, 3.8) is 0 Å². The summed E-state index contributed by atoms with van der Waals surface area (Å²) in [5.41, 5.74) is 6.75. The van der Waals surface area contributed by atoms with Crippen LogP contribution < -0.4 is 4.74 Å². The summed E-state index contributed by atoms with van der Waals surface area (Å²) in [5.74, 6) is 1.74. The smallest absolute Gasteiger partial charge is 0.138 e. The van der Waals surface area contributed by atoms with Crippen molar-refractivity contribution in [2.75, 3.05) is 0 Å². The number of aromatic amines is 1. The highest BCUT2D eigenvalue weighted by atomic mass is 16.5. The molecule has 3 nitrogen and oxygen atoms in total. The number of aryl methyl sites for hydroxylation is 2. The highest BCUT2D eigenvalue weighted by molar-refractivity contribution is 5.80. The van der Waals surface area contributed by atoms with Crippen molar-refractivity contribution in [1.82, 2.24) is 9.97 Å². The van der Waals surface area contributed by atoms with E-state index in [1.807, 2.05) is 30.3 Å². The van der Waals surface area contributed by atoms with Crippen molar-refractivity contribution in [1.29, 1.82) is 0 Å². The zero-order valence-electron chi connectivity index (χ0n) is 14.4. The van der Waals surface area contributed by atoms with Gasteiger partial charge in [0.05, 0.1) is 11.0 Å². The third-order valence-corrected chi connectivity index (χ3v) is 4.25. The van der Waals surface area contributed by atoms with Crippen molar-refractivity contribution < 1.29 is 4.74 Å². The van der Waals surface area contributed by atoms with Crippen molar-refractivity contribution in [2.24, 2.45) is 0 Å². The van der Waals surface area contributed by atoms with Gasteiger partial charge in [0.2, 0.25) is 0 Å². The fourth-order valence-corrected chi connectivity index (χ4v) is 2.94. The summed E-state index contributed by atoms with van der Waals surface area (Å²) >= 11 is 0. The molecule has 0 unspecified atom stereocenters. The van der Waals surface area contributed by atoms with Crippen molar-refractivity contribution in [2.45, 2.75) is 20.5 Å². The highest BCUT2D eigenvalue weighted by Gasteiger charge is 2.06. The van der Waals surface area contributed by atoms with Crippen LogP contribution in [0.25, 0.3) is 22.4 Å².